The van der Waals surface area contributed by atoms with E-state index in [1.165, 1.54) is 4.57 Å². The van der Waals surface area contributed by atoms with Crippen molar-refractivity contribution in [2.24, 2.45) is 0 Å². The number of alkyl carbamates (subject to hydrolysis) is 2. The Labute approximate surface area is 306 Å². The summed E-state index contributed by atoms with van der Waals surface area (Å²) >= 11 is 0. The Kier molecular flexibility index (Phi) is 12.9. The predicted molar refractivity (Wildman–Crippen MR) is 198 cm³/mol. The Hall–Kier alpha value is -4.66. The van der Waals surface area contributed by atoms with Gasteiger partial charge in [-0.05, 0) is 118 Å². The van der Waals surface area contributed by atoms with Gasteiger partial charge in [-0.15, -0.1) is 0 Å². The normalized spacial score (nSPS) is 18.3. The fourth-order valence-corrected chi connectivity index (χ4v) is 6.14. The molecule has 1 aliphatic heterocycles. The van der Waals surface area contributed by atoms with Gasteiger partial charge in [0.2, 0.25) is 5.91 Å². The van der Waals surface area contributed by atoms with Crippen LogP contribution in [0.4, 0.5) is 20.2 Å². The average molecular weight is 725 g/mol. The topological polar surface area (TPSA) is 176 Å². The van der Waals surface area contributed by atoms with Crippen molar-refractivity contribution in [3.05, 3.63) is 52.6 Å². The van der Waals surface area contributed by atoms with E-state index in [2.05, 4.69) is 26.3 Å². The Morgan fingerprint density at radius 2 is 1.33 bits per heavy atom. The summed E-state index contributed by atoms with van der Waals surface area (Å²) in [5, 5.41) is 11.9. The maximum atomic E-state index is 13.1. The van der Waals surface area contributed by atoms with Gasteiger partial charge >= 0.3 is 23.9 Å². The third-order valence-corrected chi connectivity index (χ3v) is 8.75. The molecule has 1 saturated carbocycles. The van der Waals surface area contributed by atoms with Gasteiger partial charge in [-0.2, -0.15) is 4.98 Å². The van der Waals surface area contributed by atoms with Crippen LogP contribution in [0.5, 0.6) is 0 Å². The highest BCUT2D eigenvalue weighted by Gasteiger charge is 2.37. The van der Waals surface area contributed by atoms with Gasteiger partial charge in [0, 0.05) is 44.5 Å². The third kappa shape index (κ3) is 12.2. The molecule has 286 valence electrons. The first-order valence-electron chi connectivity index (χ1n) is 18.1. The van der Waals surface area contributed by atoms with Gasteiger partial charge in [0.25, 0.3) is 0 Å². The second-order valence-electron chi connectivity index (χ2n) is 16.0. The Bertz CT molecular complexity index is 1610. The fraction of sp³-hybridized carbons (Fsp3) is 0.622. The first kappa shape index (κ1) is 40.1. The van der Waals surface area contributed by atoms with Crippen LogP contribution in [-0.2, 0) is 20.7 Å². The van der Waals surface area contributed by atoms with Gasteiger partial charge in [0.15, 0.2) is 0 Å². The molecule has 0 atom stereocenters. The van der Waals surface area contributed by atoms with Crippen molar-refractivity contribution < 1.29 is 28.7 Å². The summed E-state index contributed by atoms with van der Waals surface area (Å²) in [7, 11) is 0. The average Bonchev–Trinajstić information content (AvgIpc) is 3.04. The zero-order valence-electron chi connectivity index (χ0n) is 31.8. The number of carbonyl (C=O) groups is 4. The van der Waals surface area contributed by atoms with Gasteiger partial charge in [-0.1, -0.05) is 12.1 Å². The molecule has 4 rings (SSSR count). The van der Waals surface area contributed by atoms with Crippen molar-refractivity contribution in [3.8, 4) is 5.69 Å². The molecule has 5 amide bonds. The van der Waals surface area contributed by atoms with Gasteiger partial charge in [-0.25, -0.2) is 19.2 Å². The highest BCUT2D eigenvalue weighted by atomic mass is 16.6. The maximum absolute atomic E-state index is 13.1. The van der Waals surface area contributed by atoms with Crippen LogP contribution >= 0.6 is 0 Å². The van der Waals surface area contributed by atoms with Crippen molar-refractivity contribution in [2.75, 3.05) is 38.0 Å². The fourth-order valence-electron chi connectivity index (χ4n) is 6.14. The number of hydrogen-bond acceptors (Lipinski definition) is 9. The van der Waals surface area contributed by atoms with E-state index in [4.69, 9.17) is 9.47 Å². The van der Waals surface area contributed by atoms with E-state index in [1.807, 2.05) is 45.0 Å². The number of nitrogens with one attached hydrogen (secondary N) is 4. The molecule has 15 heteroatoms. The molecule has 4 N–H and O–H groups in total. The quantitative estimate of drug-likeness (QED) is 0.296. The number of anilines is 1. The zero-order valence-corrected chi connectivity index (χ0v) is 31.8. The number of amides is 5. The molecule has 52 heavy (non-hydrogen) atoms. The third-order valence-electron chi connectivity index (χ3n) is 8.75. The van der Waals surface area contributed by atoms with Crippen molar-refractivity contribution in [1.82, 2.24) is 35.3 Å². The highest BCUT2D eigenvalue weighted by Crippen LogP contribution is 2.20. The number of benzene rings is 1. The van der Waals surface area contributed by atoms with E-state index in [9.17, 15) is 24.0 Å². The highest BCUT2D eigenvalue weighted by molar-refractivity contribution is 5.90. The molecule has 2 heterocycles. The van der Waals surface area contributed by atoms with Gasteiger partial charge in [0.1, 0.15) is 22.6 Å². The lowest BCUT2D eigenvalue weighted by atomic mass is 9.91. The monoisotopic (exact) mass is 724 g/mol. The molecule has 0 spiro atoms. The predicted octanol–water partition coefficient (Wildman–Crippen LogP) is 4.18. The molecule has 2 aliphatic rings. The van der Waals surface area contributed by atoms with E-state index in [1.54, 1.807) is 56.7 Å². The molecule has 0 radical (unpaired) electrons. The minimum Gasteiger partial charge on any atom is -0.444 e. The van der Waals surface area contributed by atoms with Gasteiger partial charge in [-0.3, -0.25) is 14.7 Å². The summed E-state index contributed by atoms with van der Waals surface area (Å²) in [5.74, 6) is -0.150. The molecule has 2 fully saturated rings. The summed E-state index contributed by atoms with van der Waals surface area (Å²) in [6.45, 7) is 16.0. The lowest BCUT2D eigenvalue weighted by Crippen LogP contribution is -2.60. The molecule has 0 unspecified atom stereocenters. The molecular formula is C37H56N8O7. The Balaban J connectivity index is 1.19. The second-order valence-corrected chi connectivity index (χ2v) is 16.0. The van der Waals surface area contributed by atoms with Crippen LogP contribution in [0.1, 0.15) is 86.6 Å². The molecule has 1 aromatic heterocycles. The smallest absolute Gasteiger partial charge is 0.408 e. The molecule has 1 aromatic carbocycles. The first-order chi connectivity index (χ1) is 24.3. The van der Waals surface area contributed by atoms with Crippen LogP contribution in [0.2, 0.25) is 0 Å². The molecule has 1 aliphatic carbocycles. The number of ether oxygens (including phenoxy) is 2. The summed E-state index contributed by atoms with van der Waals surface area (Å²) in [6, 6.07) is 9.40. The lowest BCUT2D eigenvalue weighted by molar-refractivity contribution is -0.138. The van der Waals surface area contributed by atoms with Crippen molar-refractivity contribution >= 4 is 29.9 Å². The molecule has 15 nitrogen and oxygen atoms in total. The summed E-state index contributed by atoms with van der Waals surface area (Å²) < 4.78 is 12.1. The van der Waals surface area contributed by atoms with Crippen LogP contribution < -0.4 is 27.0 Å². The minimum atomic E-state index is -1.19. The standard InChI is InChI=1S/C37H56N8O7/c1-35(2,3)51-33(49)39-27-13-11-26(12-14-27)38-19-17-25-9-15-28(16-10-25)45-20-18-29(41-32(45)48)40-31(47)44-23-21-43(22-24-44)30(46)37(7,8)42-34(50)52-36(4,5)6/h9-10,15-16,18,20,26-27,38H,11-14,17,19,21-24H2,1-8H3,(H,39,49)(H,42,50)(H,40,41,47,48). The molecular weight excluding hydrogens is 668 g/mol. The van der Waals surface area contributed by atoms with Gasteiger partial charge < -0.3 is 35.2 Å². The Morgan fingerprint density at radius 1 is 0.769 bits per heavy atom. The SMILES string of the molecule is CC(C)(C)OC(=O)NC1CCC(NCCc2ccc(-n3ccc(NC(=O)N4CCN(C(=O)C(C)(C)NC(=O)OC(C)(C)C)CC4)nc3=O)cc2)CC1. The number of carbonyl (C=O) groups excluding carboxylic acids is 4. The van der Waals surface area contributed by atoms with E-state index >= 15 is 0 Å². The Morgan fingerprint density at radius 3 is 1.90 bits per heavy atom. The number of piperazine rings is 1. The van der Waals surface area contributed by atoms with Crippen molar-refractivity contribution in [1.29, 1.82) is 0 Å². The van der Waals surface area contributed by atoms with Crippen LogP contribution in [0, 0.1) is 0 Å². The van der Waals surface area contributed by atoms with E-state index in [0.717, 1.165) is 44.2 Å². The summed E-state index contributed by atoms with van der Waals surface area (Å²) in [4.78, 5) is 70.5. The second kappa shape index (κ2) is 16.8. The number of rotatable bonds is 9. The summed E-state index contributed by atoms with van der Waals surface area (Å²) in [5.41, 5.74) is -1.13. The van der Waals surface area contributed by atoms with Crippen LogP contribution in [0.25, 0.3) is 5.69 Å². The molecule has 1 saturated heterocycles. The van der Waals surface area contributed by atoms with Crippen molar-refractivity contribution in [2.45, 2.75) is 116 Å². The number of urea groups is 1. The van der Waals surface area contributed by atoms with E-state index in [-0.39, 0.29) is 50.0 Å². The zero-order chi connectivity index (χ0) is 38.3. The first-order valence-corrected chi connectivity index (χ1v) is 18.1. The van der Waals surface area contributed by atoms with E-state index in [0.29, 0.717) is 11.7 Å². The van der Waals surface area contributed by atoms with Crippen LogP contribution in [-0.4, -0.2) is 105 Å². The number of hydrogen-bond donors (Lipinski definition) is 4. The van der Waals surface area contributed by atoms with Crippen molar-refractivity contribution in [3.63, 3.8) is 0 Å². The number of nitrogens with zero attached hydrogens (tertiary/aromatic N) is 4. The van der Waals surface area contributed by atoms with Crippen LogP contribution in [0.3, 0.4) is 0 Å². The lowest BCUT2D eigenvalue weighted by Gasteiger charge is -2.38. The largest absolute Gasteiger partial charge is 0.444 e. The molecule has 2 aromatic rings. The van der Waals surface area contributed by atoms with Crippen LogP contribution in [0.15, 0.2) is 41.3 Å². The summed E-state index contributed by atoms with van der Waals surface area (Å²) in [6.07, 6.45) is 5.16. The maximum Gasteiger partial charge on any atom is 0.408 e. The van der Waals surface area contributed by atoms with E-state index < -0.39 is 34.6 Å². The minimum absolute atomic E-state index is 0.129. The number of aromatic nitrogens is 2. The molecule has 0 bridgehead atoms. The van der Waals surface area contributed by atoms with Gasteiger partial charge in [0.05, 0.1) is 5.69 Å².